The molecule has 2 rings (SSSR count). The Balaban J connectivity index is 2.34. The van der Waals surface area contributed by atoms with Crippen LogP contribution in [0.2, 0.25) is 0 Å². The summed E-state index contributed by atoms with van der Waals surface area (Å²) in [6, 6.07) is 2.37. The molecule has 0 fully saturated rings. The summed E-state index contributed by atoms with van der Waals surface area (Å²) in [5, 5.41) is 18.2. The van der Waals surface area contributed by atoms with Gasteiger partial charge in [0.05, 0.1) is 28.9 Å². The Labute approximate surface area is 141 Å². The van der Waals surface area contributed by atoms with E-state index in [1.165, 1.54) is 11.8 Å². The maximum Gasteiger partial charge on any atom is 0.416 e. The van der Waals surface area contributed by atoms with Gasteiger partial charge in [-0.3, -0.25) is 10.1 Å². The Kier molecular flexibility index (Phi) is 5.19. The molecular weight excluding hydrogens is 341 g/mol. The Morgan fingerprint density at radius 2 is 2.08 bits per heavy atom. The largest absolute Gasteiger partial charge is 0.481 e. The average molecular weight is 358 g/mol. The molecule has 0 amide bonds. The topological polar surface area (TPSA) is 82.2 Å². The lowest BCUT2D eigenvalue weighted by Crippen LogP contribution is -2.09. The summed E-state index contributed by atoms with van der Waals surface area (Å²) < 4.78 is 45.0. The number of benzene rings is 1. The number of aryl methyl sites for hydroxylation is 2. The van der Waals surface area contributed by atoms with Crippen LogP contribution in [0, 0.1) is 10.1 Å². The number of aromatic nitrogens is 2. The van der Waals surface area contributed by atoms with Crippen molar-refractivity contribution in [3.8, 4) is 5.88 Å². The van der Waals surface area contributed by atoms with Crippen LogP contribution in [0.3, 0.4) is 0 Å². The van der Waals surface area contributed by atoms with E-state index in [9.17, 15) is 23.3 Å². The predicted molar refractivity (Wildman–Crippen MR) is 84.6 cm³/mol. The van der Waals surface area contributed by atoms with Crippen molar-refractivity contribution >= 4 is 11.4 Å². The van der Waals surface area contributed by atoms with Crippen LogP contribution in [-0.4, -0.2) is 21.8 Å². The first-order valence-corrected chi connectivity index (χ1v) is 7.37. The van der Waals surface area contributed by atoms with E-state index in [1.807, 2.05) is 6.92 Å². The van der Waals surface area contributed by atoms with Crippen LogP contribution in [0.5, 0.6) is 5.88 Å². The Morgan fingerprint density at radius 3 is 2.60 bits per heavy atom. The third-order valence-electron chi connectivity index (χ3n) is 3.68. The second-order valence-electron chi connectivity index (χ2n) is 5.25. The second kappa shape index (κ2) is 6.99. The number of nitro groups is 1. The van der Waals surface area contributed by atoms with Gasteiger partial charge in [-0.2, -0.15) is 18.3 Å². The fourth-order valence-corrected chi connectivity index (χ4v) is 2.51. The van der Waals surface area contributed by atoms with Gasteiger partial charge in [0, 0.05) is 19.7 Å². The smallest absolute Gasteiger partial charge is 0.416 e. The van der Waals surface area contributed by atoms with Gasteiger partial charge in [0.1, 0.15) is 5.69 Å². The fourth-order valence-electron chi connectivity index (χ4n) is 2.51. The SMILES string of the molecule is CCc1nn(C)c(OC)c1CNc1ccc(C(F)(F)F)cc1[N+](=O)[O-]. The maximum absolute atomic E-state index is 12.7. The van der Waals surface area contributed by atoms with Crippen molar-refractivity contribution in [3.63, 3.8) is 0 Å². The van der Waals surface area contributed by atoms with Crippen molar-refractivity contribution in [3.05, 3.63) is 45.1 Å². The van der Waals surface area contributed by atoms with E-state index in [0.29, 0.717) is 23.9 Å². The summed E-state index contributed by atoms with van der Waals surface area (Å²) in [6.07, 6.45) is -4.03. The number of methoxy groups -OCH3 is 1. The van der Waals surface area contributed by atoms with Gasteiger partial charge in [0.15, 0.2) is 0 Å². The second-order valence-corrected chi connectivity index (χ2v) is 5.25. The lowest BCUT2D eigenvalue weighted by atomic mass is 10.1. The molecule has 1 heterocycles. The molecular formula is C15H17F3N4O3. The number of rotatable bonds is 6. The molecule has 2 aromatic rings. The highest BCUT2D eigenvalue weighted by Gasteiger charge is 2.33. The van der Waals surface area contributed by atoms with Crippen LogP contribution in [0.4, 0.5) is 24.5 Å². The Morgan fingerprint density at radius 1 is 1.40 bits per heavy atom. The Hall–Kier alpha value is -2.78. The van der Waals surface area contributed by atoms with Gasteiger partial charge in [-0.05, 0) is 18.6 Å². The van der Waals surface area contributed by atoms with E-state index in [2.05, 4.69) is 10.4 Å². The fraction of sp³-hybridized carbons (Fsp3) is 0.400. The van der Waals surface area contributed by atoms with Crippen molar-refractivity contribution in [1.29, 1.82) is 0 Å². The number of alkyl halides is 3. The zero-order chi connectivity index (χ0) is 18.8. The lowest BCUT2D eigenvalue weighted by Gasteiger charge is -2.11. The molecule has 0 radical (unpaired) electrons. The monoisotopic (exact) mass is 358 g/mol. The molecule has 136 valence electrons. The number of ether oxygens (including phenoxy) is 1. The van der Waals surface area contributed by atoms with Gasteiger partial charge in [0.2, 0.25) is 5.88 Å². The molecule has 0 saturated carbocycles. The van der Waals surface area contributed by atoms with Crippen molar-refractivity contribution in [2.75, 3.05) is 12.4 Å². The van der Waals surface area contributed by atoms with Crippen LogP contribution in [-0.2, 0) is 26.2 Å². The number of nitrogens with one attached hydrogen (secondary N) is 1. The summed E-state index contributed by atoms with van der Waals surface area (Å²) in [6.45, 7) is 2.03. The van der Waals surface area contributed by atoms with Crippen LogP contribution < -0.4 is 10.1 Å². The standard InChI is InChI=1S/C15H17F3N4O3/c1-4-11-10(14(25-3)21(2)20-11)8-19-12-6-5-9(15(16,17)18)7-13(12)22(23)24/h5-7,19H,4,8H2,1-3H3. The van der Waals surface area contributed by atoms with Crippen molar-refractivity contribution in [2.24, 2.45) is 7.05 Å². The quantitative estimate of drug-likeness (QED) is 0.631. The van der Waals surface area contributed by atoms with E-state index < -0.39 is 22.4 Å². The molecule has 1 aromatic heterocycles. The molecule has 1 N–H and O–H groups in total. The van der Waals surface area contributed by atoms with E-state index in [4.69, 9.17) is 4.74 Å². The molecule has 0 aliphatic carbocycles. The van der Waals surface area contributed by atoms with Crippen LogP contribution in [0.25, 0.3) is 0 Å². The molecule has 0 bridgehead atoms. The number of halogens is 3. The zero-order valence-corrected chi connectivity index (χ0v) is 13.8. The van der Waals surface area contributed by atoms with E-state index >= 15 is 0 Å². The number of nitrogens with zero attached hydrogens (tertiary/aromatic N) is 3. The minimum atomic E-state index is -4.65. The van der Waals surface area contributed by atoms with Crippen molar-refractivity contribution in [1.82, 2.24) is 9.78 Å². The number of anilines is 1. The van der Waals surface area contributed by atoms with E-state index in [-0.39, 0.29) is 12.2 Å². The first kappa shape index (κ1) is 18.6. The predicted octanol–water partition coefficient (Wildman–Crippen LogP) is 3.53. The summed E-state index contributed by atoms with van der Waals surface area (Å²) >= 11 is 0. The van der Waals surface area contributed by atoms with Gasteiger partial charge in [0.25, 0.3) is 5.69 Å². The first-order chi connectivity index (χ1) is 11.7. The van der Waals surface area contributed by atoms with Crippen molar-refractivity contribution < 1.29 is 22.8 Å². The molecule has 0 spiro atoms. The van der Waals surface area contributed by atoms with Crippen molar-refractivity contribution in [2.45, 2.75) is 26.1 Å². The van der Waals surface area contributed by atoms with E-state index in [0.717, 1.165) is 17.8 Å². The molecule has 0 unspecified atom stereocenters. The number of hydrogen-bond acceptors (Lipinski definition) is 5. The summed E-state index contributed by atoms with van der Waals surface area (Å²) in [5.41, 5.74) is -0.289. The number of nitro benzene ring substituents is 1. The van der Waals surface area contributed by atoms with Crippen LogP contribution in [0.15, 0.2) is 18.2 Å². The molecule has 0 atom stereocenters. The molecule has 25 heavy (non-hydrogen) atoms. The third-order valence-corrected chi connectivity index (χ3v) is 3.68. The van der Waals surface area contributed by atoms with E-state index in [1.54, 1.807) is 7.05 Å². The summed E-state index contributed by atoms with van der Waals surface area (Å²) in [4.78, 5) is 10.3. The third kappa shape index (κ3) is 3.83. The summed E-state index contributed by atoms with van der Waals surface area (Å²) in [5.74, 6) is 0.485. The van der Waals surface area contributed by atoms with Gasteiger partial charge in [-0.25, -0.2) is 4.68 Å². The van der Waals surface area contributed by atoms with Gasteiger partial charge in [-0.1, -0.05) is 6.92 Å². The number of hydrogen-bond donors (Lipinski definition) is 1. The van der Waals surface area contributed by atoms with Gasteiger partial charge < -0.3 is 10.1 Å². The lowest BCUT2D eigenvalue weighted by molar-refractivity contribution is -0.384. The van der Waals surface area contributed by atoms with Gasteiger partial charge in [-0.15, -0.1) is 0 Å². The first-order valence-electron chi connectivity index (χ1n) is 7.37. The normalized spacial score (nSPS) is 11.4. The molecule has 0 aliphatic heterocycles. The highest BCUT2D eigenvalue weighted by atomic mass is 19.4. The van der Waals surface area contributed by atoms with Crippen LogP contribution in [0.1, 0.15) is 23.7 Å². The molecule has 10 heteroatoms. The average Bonchev–Trinajstić information content (AvgIpc) is 2.86. The minimum Gasteiger partial charge on any atom is -0.481 e. The molecule has 0 saturated heterocycles. The molecule has 7 nitrogen and oxygen atoms in total. The zero-order valence-electron chi connectivity index (χ0n) is 13.8. The Bertz CT molecular complexity index is 787. The minimum absolute atomic E-state index is 0.00837. The highest BCUT2D eigenvalue weighted by Crippen LogP contribution is 2.35. The van der Waals surface area contributed by atoms with Gasteiger partial charge >= 0.3 is 6.18 Å². The highest BCUT2D eigenvalue weighted by molar-refractivity contribution is 5.63. The molecule has 0 aliphatic rings. The van der Waals surface area contributed by atoms with Crippen LogP contribution >= 0.6 is 0 Å². The summed E-state index contributed by atoms with van der Waals surface area (Å²) in [7, 11) is 3.17. The maximum atomic E-state index is 12.7. The molecule has 1 aromatic carbocycles.